The van der Waals surface area contributed by atoms with Gasteiger partial charge < -0.3 is 14.4 Å². The van der Waals surface area contributed by atoms with Crippen molar-refractivity contribution in [3.8, 4) is 11.5 Å². The molecule has 0 saturated carbocycles. The van der Waals surface area contributed by atoms with Crippen LogP contribution < -0.4 is 9.47 Å². The maximum Gasteiger partial charge on any atom is 0.267 e. The van der Waals surface area contributed by atoms with Crippen molar-refractivity contribution in [2.75, 3.05) is 32.8 Å². The molecule has 3 heterocycles. The number of nitrogens with zero attached hydrogens (tertiary/aromatic N) is 3. The van der Waals surface area contributed by atoms with Gasteiger partial charge >= 0.3 is 0 Å². The molecule has 1 aromatic carbocycles. The van der Waals surface area contributed by atoms with E-state index < -0.39 is 16.1 Å². The van der Waals surface area contributed by atoms with Crippen LogP contribution in [-0.2, 0) is 14.8 Å². The van der Waals surface area contributed by atoms with Crippen LogP contribution in [0.25, 0.3) is 0 Å². The first kappa shape index (κ1) is 19.7. The van der Waals surface area contributed by atoms with E-state index in [1.807, 2.05) is 12.1 Å². The number of amides is 1. The van der Waals surface area contributed by atoms with Crippen LogP contribution in [0.5, 0.6) is 11.5 Å². The highest BCUT2D eigenvalue weighted by Crippen LogP contribution is 2.31. The summed E-state index contributed by atoms with van der Waals surface area (Å²) in [5.74, 6) is 0.979. The third-order valence-corrected chi connectivity index (χ3v) is 7.37. The third-order valence-electron chi connectivity index (χ3n) is 5.21. The first-order valence-corrected chi connectivity index (χ1v) is 11.0. The second-order valence-electron chi connectivity index (χ2n) is 7.21. The second kappa shape index (κ2) is 7.68. The molecule has 2 aliphatic heterocycles. The Labute approximate surface area is 169 Å². The number of hydrogen-bond donors (Lipinski definition) is 1. The van der Waals surface area contributed by atoms with Crippen molar-refractivity contribution < 1.29 is 22.7 Å². The smallest absolute Gasteiger partial charge is 0.267 e. The Morgan fingerprint density at radius 2 is 1.90 bits per heavy atom. The van der Waals surface area contributed by atoms with Gasteiger partial charge in [0, 0.05) is 26.2 Å². The molecule has 0 aliphatic carbocycles. The number of aryl methyl sites for hydroxylation is 2. The van der Waals surface area contributed by atoms with Crippen molar-refractivity contribution in [3.05, 3.63) is 35.7 Å². The maximum atomic E-state index is 13.1. The monoisotopic (exact) mass is 420 g/mol. The van der Waals surface area contributed by atoms with Crippen LogP contribution >= 0.6 is 0 Å². The molecule has 2 aromatic rings. The number of nitrogens with one attached hydrogen (secondary N) is 1. The molecule has 0 bridgehead atoms. The molecular formula is C19H24N4O5S. The van der Waals surface area contributed by atoms with Crippen molar-refractivity contribution in [1.29, 1.82) is 0 Å². The molecule has 4 rings (SSSR count). The van der Waals surface area contributed by atoms with E-state index in [1.165, 1.54) is 4.31 Å². The van der Waals surface area contributed by atoms with Crippen molar-refractivity contribution in [3.63, 3.8) is 0 Å². The number of benzene rings is 1. The van der Waals surface area contributed by atoms with E-state index in [0.29, 0.717) is 48.9 Å². The molecule has 156 valence electrons. The van der Waals surface area contributed by atoms with E-state index in [0.717, 1.165) is 0 Å². The Morgan fingerprint density at radius 1 is 1.14 bits per heavy atom. The van der Waals surface area contributed by atoms with Gasteiger partial charge in [0.15, 0.2) is 11.5 Å². The van der Waals surface area contributed by atoms with Crippen LogP contribution in [0, 0.1) is 13.8 Å². The highest BCUT2D eigenvalue weighted by atomic mass is 32.2. The van der Waals surface area contributed by atoms with Crippen molar-refractivity contribution in [1.82, 2.24) is 19.4 Å². The summed E-state index contributed by atoms with van der Waals surface area (Å²) >= 11 is 0. The Balaban J connectivity index is 1.45. The lowest BCUT2D eigenvalue weighted by molar-refractivity contribution is -0.141. The largest absolute Gasteiger partial charge is 0.485 e. The number of aromatic amines is 1. The van der Waals surface area contributed by atoms with Gasteiger partial charge in [0.2, 0.25) is 16.1 Å². The molecule has 10 heteroatoms. The molecule has 29 heavy (non-hydrogen) atoms. The number of aromatic nitrogens is 2. The predicted octanol–water partition coefficient (Wildman–Crippen LogP) is 1.09. The number of ether oxygens (including phenoxy) is 2. The lowest BCUT2D eigenvalue weighted by Gasteiger charge is -2.30. The van der Waals surface area contributed by atoms with Gasteiger partial charge in [-0.25, -0.2) is 8.42 Å². The fraction of sp³-hybridized carbons (Fsp3) is 0.474. The van der Waals surface area contributed by atoms with Crippen molar-refractivity contribution >= 4 is 15.9 Å². The summed E-state index contributed by atoms with van der Waals surface area (Å²) in [6, 6.07) is 7.23. The number of H-pyrrole nitrogens is 1. The second-order valence-corrected chi connectivity index (χ2v) is 9.09. The lowest BCUT2D eigenvalue weighted by Crippen LogP contribution is -2.47. The molecule has 1 aromatic heterocycles. The Bertz CT molecular complexity index is 1000. The third kappa shape index (κ3) is 3.69. The molecular weight excluding hydrogens is 396 g/mol. The average molecular weight is 420 g/mol. The van der Waals surface area contributed by atoms with Gasteiger partial charge in [-0.1, -0.05) is 12.1 Å². The predicted molar refractivity (Wildman–Crippen MR) is 104 cm³/mol. The Kier molecular flexibility index (Phi) is 5.22. The summed E-state index contributed by atoms with van der Waals surface area (Å²) in [4.78, 5) is 14.8. The number of fused-ring (bicyclic) bond motifs is 1. The minimum atomic E-state index is -3.67. The maximum absolute atomic E-state index is 13.1. The van der Waals surface area contributed by atoms with E-state index in [4.69, 9.17) is 9.47 Å². The van der Waals surface area contributed by atoms with Crippen LogP contribution in [0.2, 0.25) is 0 Å². The van der Waals surface area contributed by atoms with Gasteiger partial charge in [-0.15, -0.1) is 0 Å². The van der Waals surface area contributed by atoms with Crippen LogP contribution in [0.4, 0.5) is 0 Å². The van der Waals surface area contributed by atoms with Gasteiger partial charge in [-0.2, -0.15) is 9.40 Å². The quantitative estimate of drug-likeness (QED) is 0.797. The minimum Gasteiger partial charge on any atom is -0.485 e. The summed E-state index contributed by atoms with van der Waals surface area (Å²) in [5.41, 5.74) is 0.970. The molecule has 1 fully saturated rings. The Hall–Kier alpha value is -2.59. The van der Waals surface area contributed by atoms with Crippen LogP contribution in [0.15, 0.2) is 29.2 Å². The number of para-hydroxylation sites is 2. The SMILES string of the molecule is Cc1n[nH]c(C)c1S(=O)(=O)N1CCCN(C(=O)C2COc3ccccc3O2)CC1. The topological polar surface area (TPSA) is 105 Å². The highest BCUT2D eigenvalue weighted by Gasteiger charge is 2.35. The van der Waals surface area contributed by atoms with Crippen molar-refractivity contribution in [2.45, 2.75) is 31.3 Å². The van der Waals surface area contributed by atoms with E-state index >= 15 is 0 Å². The van der Waals surface area contributed by atoms with E-state index in [2.05, 4.69) is 10.2 Å². The first-order valence-electron chi connectivity index (χ1n) is 9.57. The van der Waals surface area contributed by atoms with Crippen molar-refractivity contribution in [2.24, 2.45) is 0 Å². The summed E-state index contributed by atoms with van der Waals surface area (Å²) in [5, 5.41) is 6.72. The molecule has 1 unspecified atom stereocenters. The highest BCUT2D eigenvalue weighted by molar-refractivity contribution is 7.89. The minimum absolute atomic E-state index is 0.141. The number of rotatable bonds is 3. The van der Waals surface area contributed by atoms with Gasteiger partial charge in [0.25, 0.3) is 5.91 Å². The van der Waals surface area contributed by atoms with E-state index in [-0.39, 0.29) is 24.0 Å². The molecule has 1 amide bonds. The summed E-state index contributed by atoms with van der Waals surface area (Å²) in [7, 11) is -3.67. The molecule has 2 aliphatic rings. The molecule has 0 radical (unpaired) electrons. The van der Waals surface area contributed by atoms with Crippen LogP contribution in [-0.4, -0.2) is 72.6 Å². The number of carbonyl (C=O) groups excluding carboxylic acids is 1. The molecule has 1 N–H and O–H groups in total. The van der Waals surface area contributed by atoms with Gasteiger partial charge in [-0.05, 0) is 32.4 Å². The van der Waals surface area contributed by atoms with Crippen LogP contribution in [0.1, 0.15) is 17.8 Å². The summed E-state index contributed by atoms with van der Waals surface area (Å²) in [6.07, 6.45) is -0.183. The van der Waals surface area contributed by atoms with E-state index in [1.54, 1.807) is 30.9 Å². The van der Waals surface area contributed by atoms with E-state index in [9.17, 15) is 13.2 Å². The normalized spacial score (nSPS) is 20.3. The zero-order valence-electron chi connectivity index (χ0n) is 16.4. The number of sulfonamides is 1. The molecule has 9 nitrogen and oxygen atoms in total. The van der Waals surface area contributed by atoms with Gasteiger partial charge in [0.05, 0.1) is 11.4 Å². The molecule has 1 atom stereocenters. The first-order chi connectivity index (χ1) is 13.9. The number of carbonyl (C=O) groups is 1. The fourth-order valence-corrected chi connectivity index (χ4v) is 5.55. The zero-order chi connectivity index (χ0) is 20.6. The zero-order valence-corrected chi connectivity index (χ0v) is 17.2. The lowest BCUT2D eigenvalue weighted by atomic mass is 10.2. The molecule has 0 spiro atoms. The van der Waals surface area contributed by atoms with Crippen LogP contribution in [0.3, 0.4) is 0 Å². The molecule has 1 saturated heterocycles. The summed E-state index contributed by atoms with van der Waals surface area (Å²) < 4.78 is 39.0. The fourth-order valence-electron chi connectivity index (χ4n) is 3.75. The van der Waals surface area contributed by atoms with Gasteiger partial charge in [0.1, 0.15) is 11.5 Å². The Morgan fingerprint density at radius 3 is 2.62 bits per heavy atom. The standard InChI is InChI=1S/C19H24N4O5S/c1-13-18(14(2)21-20-13)29(25,26)23-9-5-8-22(10-11-23)19(24)17-12-27-15-6-3-4-7-16(15)28-17/h3-4,6-7,17H,5,8-12H2,1-2H3,(H,20,21). The number of hydrogen-bond acceptors (Lipinski definition) is 6. The average Bonchev–Trinajstić information content (AvgIpc) is 2.92. The summed E-state index contributed by atoms with van der Waals surface area (Å²) in [6.45, 7) is 4.84. The van der Waals surface area contributed by atoms with Gasteiger partial charge in [-0.3, -0.25) is 9.89 Å².